The molecule has 0 saturated carbocycles. The number of ether oxygens (including phenoxy) is 1. The molecule has 2 aliphatic heterocycles. The molecule has 3 aromatic rings. The summed E-state index contributed by atoms with van der Waals surface area (Å²) in [6, 6.07) is 12.3. The van der Waals surface area contributed by atoms with Crippen molar-refractivity contribution >= 4 is 17.3 Å². The van der Waals surface area contributed by atoms with Crippen LogP contribution in [0.15, 0.2) is 66.3 Å². The number of hydrogen-bond donors (Lipinski definition) is 3. The zero-order valence-electron chi connectivity index (χ0n) is 19.7. The number of halogens is 2. The van der Waals surface area contributed by atoms with Crippen LogP contribution in [0.5, 0.6) is 5.75 Å². The van der Waals surface area contributed by atoms with Crippen molar-refractivity contribution in [3.63, 3.8) is 0 Å². The van der Waals surface area contributed by atoms with Crippen LogP contribution in [0.2, 0.25) is 5.15 Å². The topological polar surface area (TPSA) is 97.6 Å². The van der Waals surface area contributed by atoms with E-state index in [9.17, 15) is 4.39 Å². The summed E-state index contributed by atoms with van der Waals surface area (Å²) in [6.45, 7) is 3.50. The molecule has 2 aliphatic rings. The third kappa shape index (κ3) is 4.19. The van der Waals surface area contributed by atoms with Gasteiger partial charge in [0, 0.05) is 30.2 Å². The minimum atomic E-state index is -0.505. The van der Waals surface area contributed by atoms with E-state index in [-0.39, 0.29) is 18.0 Å². The maximum absolute atomic E-state index is 13.7. The SMILES string of the molecule is CCN1C(N)C2=C(C(c3ccc(F)cc3)NCC2)N(c2ccc(-n3cnc(Cl)c3)c(OC)c2)C1N. The Morgan fingerprint density at radius 1 is 1.20 bits per heavy atom. The molecule has 5 rings (SSSR count). The Labute approximate surface area is 208 Å². The summed E-state index contributed by atoms with van der Waals surface area (Å²) in [6.07, 6.45) is 3.34. The maximum Gasteiger partial charge on any atom is 0.147 e. The largest absolute Gasteiger partial charge is 0.494 e. The summed E-state index contributed by atoms with van der Waals surface area (Å²) in [5.41, 5.74) is 18.3. The fourth-order valence-electron chi connectivity index (χ4n) is 5.08. The van der Waals surface area contributed by atoms with E-state index >= 15 is 0 Å². The first-order chi connectivity index (χ1) is 16.9. The highest BCUT2D eigenvalue weighted by Gasteiger charge is 2.42. The van der Waals surface area contributed by atoms with E-state index in [1.807, 2.05) is 22.8 Å². The Morgan fingerprint density at radius 2 is 1.97 bits per heavy atom. The molecule has 35 heavy (non-hydrogen) atoms. The summed E-state index contributed by atoms with van der Waals surface area (Å²) in [5, 5.41) is 3.98. The minimum Gasteiger partial charge on any atom is -0.494 e. The van der Waals surface area contributed by atoms with Gasteiger partial charge < -0.3 is 25.3 Å². The predicted octanol–water partition coefficient (Wildman–Crippen LogP) is 3.33. The second-order valence-corrected chi connectivity index (χ2v) is 9.01. The number of benzene rings is 2. The second-order valence-electron chi connectivity index (χ2n) is 8.62. The average Bonchev–Trinajstić information content (AvgIpc) is 3.30. The van der Waals surface area contributed by atoms with Crippen molar-refractivity contribution in [1.82, 2.24) is 19.8 Å². The van der Waals surface area contributed by atoms with E-state index in [4.69, 9.17) is 27.8 Å². The molecule has 1 aromatic heterocycles. The van der Waals surface area contributed by atoms with Gasteiger partial charge in [0.1, 0.15) is 29.3 Å². The first kappa shape index (κ1) is 23.8. The van der Waals surface area contributed by atoms with Gasteiger partial charge >= 0.3 is 0 Å². The van der Waals surface area contributed by atoms with Crippen LogP contribution in [-0.2, 0) is 0 Å². The van der Waals surface area contributed by atoms with Crippen molar-refractivity contribution in [2.24, 2.45) is 11.5 Å². The van der Waals surface area contributed by atoms with E-state index in [0.717, 1.165) is 41.2 Å². The maximum atomic E-state index is 13.7. The molecule has 0 bridgehead atoms. The van der Waals surface area contributed by atoms with Crippen LogP contribution < -0.4 is 26.4 Å². The average molecular weight is 498 g/mol. The summed E-state index contributed by atoms with van der Waals surface area (Å²) in [7, 11) is 1.62. The van der Waals surface area contributed by atoms with Crippen molar-refractivity contribution in [2.75, 3.05) is 25.1 Å². The van der Waals surface area contributed by atoms with E-state index in [2.05, 4.69) is 27.0 Å². The molecule has 3 atom stereocenters. The minimum absolute atomic E-state index is 0.186. The van der Waals surface area contributed by atoms with Gasteiger partial charge in [0.05, 0.1) is 25.0 Å². The molecule has 3 heterocycles. The first-order valence-corrected chi connectivity index (χ1v) is 12.0. The molecule has 0 spiro atoms. The number of nitrogens with two attached hydrogens (primary N) is 2. The van der Waals surface area contributed by atoms with E-state index in [0.29, 0.717) is 17.4 Å². The van der Waals surface area contributed by atoms with E-state index < -0.39 is 6.29 Å². The van der Waals surface area contributed by atoms with Gasteiger partial charge in [0.2, 0.25) is 0 Å². The van der Waals surface area contributed by atoms with Crippen molar-refractivity contribution < 1.29 is 9.13 Å². The lowest BCUT2D eigenvalue weighted by Crippen LogP contribution is -2.66. The highest BCUT2D eigenvalue weighted by atomic mass is 35.5. The number of hydrogen-bond acceptors (Lipinski definition) is 7. The Hall–Kier alpha value is -2.95. The molecular formula is C25H29ClFN7O. The number of rotatable bonds is 5. The van der Waals surface area contributed by atoms with Crippen LogP contribution in [0, 0.1) is 5.82 Å². The van der Waals surface area contributed by atoms with Gasteiger partial charge in [-0.1, -0.05) is 30.7 Å². The van der Waals surface area contributed by atoms with Gasteiger partial charge in [0.15, 0.2) is 0 Å². The lowest BCUT2D eigenvalue weighted by molar-refractivity contribution is 0.143. The highest BCUT2D eigenvalue weighted by molar-refractivity contribution is 6.29. The Bertz CT molecular complexity index is 1240. The van der Waals surface area contributed by atoms with Crippen molar-refractivity contribution in [3.05, 3.63) is 82.8 Å². The molecule has 10 heteroatoms. The number of methoxy groups -OCH3 is 1. The molecule has 0 aliphatic carbocycles. The predicted molar refractivity (Wildman–Crippen MR) is 135 cm³/mol. The lowest BCUT2D eigenvalue weighted by Gasteiger charge is -2.51. The van der Waals surface area contributed by atoms with Gasteiger partial charge in [-0.05, 0) is 48.4 Å². The first-order valence-electron chi connectivity index (χ1n) is 11.6. The monoisotopic (exact) mass is 497 g/mol. The zero-order valence-corrected chi connectivity index (χ0v) is 20.4. The quantitative estimate of drug-likeness (QED) is 0.497. The van der Waals surface area contributed by atoms with Gasteiger partial charge in [-0.2, -0.15) is 0 Å². The van der Waals surface area contributed by atoms with Crippen LogP contribution in [0.25, 0.3) is 5.69 Å². The van der Waals surface area contributed by atoms with Crippen LogP contribution >= 0.6 is 11.6 Å². The summed E-state index contributed by atoms with van der Waals surface area (Å²) in [4.78, 5) is 8.28. The normalized spacial score (nSPS) is 22.9. The Balaban J connectivity index is 1.65. The number of anilines is 1. The fraction of sp³-hybridized carbons (Fsp3) is 0.320. The fourth-order valence-corrected chi connectivity index (χ4v) is 5.23. The Morgan fingerprint density at radius 3 is 2.63 bits per heavy atom. The molecule has 184 valence electrons. The van der Waals surface area contributed by atoms with E-state index in [1.165, 1.54) is 12.1 Å². The van der Waals surface area contributed by atoms with Crippen LogP contribution in [0.1, 0.15) is 24.9 Å². The van der Waals surface area contributed by atoms with Gasteiger partial charge in [0.25, 0.3) is 0 Å². The molecule has 0 radical (unpaired) electrons. The molecule has 5 N–H and O–H groups in total. The van der Waals surface area contributed by atoms with Gasteiger partial charge in [-0.25, -0.2) is 9.37 Å². The van der Waals surface area contributed by atoms with Crippen molar-refractivity contribution in [2.45, 2.75) is 31.8 Å². The zero-order chi connectivity index (χ0) is 24.7. The molecule has 3 unspecified atom stereocenters. The summed E-state index contributed by atoms with van der Waals surface area (Å²) in [5.74, 6) is 0.371. The smallest absolute Gasteiger partial charge is 0.147 e. The van der Waals surface area contributed by atoms with Crippen molar-refractivity contribution in [1.29, 1.82) is 0 Å². The lowest BCUT2D eigenvalue weighted by atomic mass is 9.89. The van der Waals surface area contributed by atoms with Gasteiger partial charge in [-0.3, -0.25) is 10.6 Å². The molecule has 8 nitrogen and oxygen atoms in total. The number of nitrogens with one attached hydrogen (secondary N) is 1. The van der Waals surface area contributed by atoms with E-state index in [1.54, 1.807) is 31.8 Å². The third-order valence-corrected chi connectivity index (χ3v) is 6.96. The Kier molecular flexibility index (Phi) is 6.52. The number of likely N-dealkylation sites (N-methyl/N-ethyl adjacent to an activating group) is 1. The number of aromatic nitrogens is 2. The molecular weight excluding hydrogens is 469 g/mol. The molecule has 0 amide bonds. The van der Waals surface area contributed by atoms with Gasteiger partial charge in [-0.15, -0.1) is 0 Å². The van der Waals surface area contributed by atoms with Crippen LogP contribution in [0.4, 0.5) is 10.1 Å². The summed E-state index contributed by atoms with van der Waals surface area (Å²) >= 11 is 6.03. The van der Waals surface area contributed by atoms with Crippen LogP contribution in [-0.4, -0.2) is 47.1 Å². The third-order valence-electron chi connectivity index (χ3n) is 6.76. The molecule has 0 fully saturated rings. The highest BCUT2D eigenvalue weighted by Crippen LogP contribution is 2.42. The van der Waals surface area contributed by atoms with Crippen LogP contribution in [0.3, 0.4) is 0 Å². The molecule has 2 aromatic carbocycles. The number of nitrogens with zero attached hydrogens (tertiary/aromatic N) is 4. The van der Waals surface area contributed by atoms with Crippen molar-refractivity contribution in [3.8, 4) is 11.4 Å². The molecule has 0 saturated heterocycles. The second kappa shape index (κ2) is 9.60. The summed E-state index contributed by atoms with van der Waals surface area (Å²) < 4.78 is 21.2. The standard InChI is InChI=1S/C25H29ClFN7O/c1-3-33-24(28)18-10-11-30-22(15-4-6-16(27)7-5-15)23(18)34(25(33)29)17-8-9-19(20(12-17)35-2)32-13-21(26)31-14-32/h4-9,12-14,22,24-25,30H,3,10-11,28-29H2,1-2H3. The number of imidazole rings is 1.